The number of alkyl carbamates (subject to hydrolysis) is 2. The second kappa shape index (κ2) is 25.9. The van der Waals surface area contributed by atoms with Crippen LogP contribution in [0.3, 0.4) is 0 Å². The average molecular weight is 1080 g/mol. The van der Waals surface area contributed by atoms with Crippen molar-refractivity contribution in [2.24, 2.45) is 0 Å². The minimum absolute atomic E-state index is 0.0751. The Morgan fingerprint density at radius 1 is 0.662 bits per heavy atom. The number of ether oxygens (including phenoxy) is 2. The van der Waals surface area contributed by atoms with Crippen LogP contribution in [0, 0.1) is 0 Å². The highest BCUT2D eigenvalue weighted by Crippen LogP contribution is 2.38. The van der Waals surface area contributed by atoms with Crippen molar-refractivity contribution in [3.05, 3.63) is 157 Å². The fraction of sp³-hybridized carbons (Fsp3) is 0.377. The van der Waals surface area contributed by atoms with E-state index in [-0.39, 0.29) is 43.0 Å². The third-order valence-electron chi connectivity index (χ3n) is 15.0. The monoisotopic (exact) mass is 1070 g/mol. The van der Waals surface area contributed by atoms with E-state index in [1.807, 2.05) is 34.7 Å². The zero-order valence-corrected chi connectivity index (χ0v) is 46.0. The maximum Gasteiger partial charge on any atom is 0.408 e. The molecule has 2 aromatic heterocycles. The van der Waals surface area contributed by atoms with Crippen molar-refractivity contribution in [1.29, 1.82) is 0 Å². The Morgan fingerprint density at radius 2 is 1.14 bits per heavy atom. The number of nitrogens with one attached hydrogen (secondary N) is 4. The Kier molecular flexibility index (Phi) is 18.4. The van der Waals surface area contributed by atoms with Crippen LogP contribution in [-0.2, 0) is 38.3 Å². The second-order valence-corrected chi connectivity index (χ2v) is 22.1. The number of likely N-dealkylation sites (tertiary alicyclic amines) is 2. The first-order valence-corrected chi connectivity index (χ1v) is 29.6. The summed E-state index contributed by atoms with van der Waals surface area (Å²) in [6, 6.07) is 29.5. The number of aromatic nitrogens is 4. The second-order valence-electron chi connectivity index (χ2n) is 20.1. The van der Waals surface area contributed by atoms with Gasteiger partial charge in [0.1, 0.15) is 36.9 Å². The molecule has 4 amide bonds. The Hall–Kier alpha value is -7.04. The molecule has 4 N–H and O–H groups in total. The number of thioether (sulfide) groups is 2. The highest BCUT2D eigenvalue weighted by Gasteiger charge is 2.38. The number of benzene rings is 4. The van der Waals surface area contributed by atoms with Crippen LogP contribution < -0.4 is 10.6 Å². The lowest BCUT2D eigenvalue weighted by molar-refractivity contribution is -0.135. The van der Waals surface area contributed by atoms with Crippen molar-refractivity contribution in [1.82, 2.24) is 40.4 Å². The Bertz CT molecular complexity index is 3050. The molecule has 0 spiro atoms. The predicted molar refractivity (Wildman–Crippen MR) is 309 cm³/mol. The first-order chi connectivity index (χ1) is 37.5. The van der Waals surface area contributed by atoms with Gasteiger partial charge in [0.05, 0.1) is 23.5 Å². The van der Waals surface area contributed by atoms with Crippen LogP contribution in [-0.4, -0.2) is 116 Å². The number of carbonyl (C=O) groups excluding carboxylic acids is 4. The SMILES string of the molecule is C=CCOC(=O)N[C@@H](CCSC)C(=O)N1CCC[C@H]1c1nc(-c2ccc(-c3cc4ccc3CCc3ccc(c(-c5ccc(-c6c[nH]c([C@@H]7CCCN7C(=O)[C@H](CCSC)NC(=O)OCC=C)n6)cc5)c3)C[C@H]4C)cc2)c[nH]1. The van der Waals surface area contributed by atoms with E-state index in [0.717, 1.165) is 102 Å². The zero-order chi connectivity index (χ0) is 53.8. The highest BCUT2D eigenvalue weighted by atomic mass is 32.2. The zero-order valence-electron chi connectivity index (χ0n) is 44.4. The summed E-state index contributed by atoms with van der Waals surface area (Å²) in [6.45, 7) is 10.9. The van der Waals surface area contributed by atoms with Gasteiger partial charge in [-0.25, -0.2) is 19.6 Å². The molecule has 14 nitrogen and oxygen atoms in total. The van der Waals surface area contributed by atoms with E-state index in [2.05, 4.69) is 126 Å². The van der Waals surface area contributed by atoms with E-state index in [1.165, 1.54) is 45.5 Å². The Morgan fingerprint density at radius 3 is 1.64 bits per heavy atom. The summed E-state index contributed by atoms with van der Waals surface area (Å²) in [4.78, 5) is 73.3. The molecular formula is C61H70N8O6S2. The molecule has 4 bridgehead atoms. The molecule has 4 aromatic carbocycles. The number of amides is 4. The standard InChI is InChI=1S/C61H70N8O6S2/c1-6-30-74-60(72)66-50(26-32-76-4)58(70)68-28-8-10-54(68)56-62-37-52(64-56)44-21-16-42(17-22-44)48-35-40-12-14-41-20-25-46(39(3)34-47(48)15-13-40)36-49(41)43-18-23-45(24-19-43)53-38-63-57(65-53)55-11-9-29-69(55)59(71)51(27-33-77-5)67-61(73)75-31-7-2/h6-7,13,15-25,35-39,50-51,54-55H,1-2,8-12,14,26-34H2,3-5H3,(H,62,64)(H,63,65)(H,66,72)(H,67,73)/t39-,50+,51+,54+,55+/m1/s1. The molecule has 4 aliphatic carbocycles. The van der Waals surface area contributed by atoms with Crippen LogP contribution in [0.5, 0.6) is 0 Å². The number of carbonyl (C=O) groups is 4. The predicted octanol–water partition coefficient (Wildman–Crippen LogP) is 11.6. The summed E-state index contributed by atoms with van der Waals surface area (Å²) in [7, 11) is 0. The topological polar surface area (TPSA) is 175 Å². The third kappa shape index (κ3) is 13.0. The lowest BCUT2D eigenvalue weighted by Gasteiger charge is -2.28. The van der Waals surface area contributed by atoms with Crippen molar-refractivity contribution in [3.63, 3.8) is 0 Å². The molecule has 2 fully saturated rings. The van der Waals surface area contributed by atoms with Gasteiger partial charge in [0, 0.05) is 36.6 Å². The third-order valence-corrected chi connectivity index (χ3v) is 16.3. The summed E-state index contributed by atoms with van der Waals surface area (Å²) >= 11 is 3.26. The Labute approximate surface area is 460 Å². The van der Waals surface area contributed by atoms with Gasteiger partial charge in [0.25, 0.3) is 0 Å². The van der Waals surface area contributed by atoms with E-state index in [4.69, 9.17) is 19.4 Å². The number of H-pyrrole nitrogens is 2. The van der Waals surface area contributed by atoms with E-state index in [9.17, 15) is 19.2 Å². The van der Waals surface area contributed by atoms with Crippen molar-refractivity contribution in [2.45, 2.75) is 94.8 Å². The minimum atomic E-state index is -0.691. The van der Waals surface area contributed by atoms with E-state index >= 15 is 0 Å². The summed E-state index contributed by atoms with van der Waals surface area (Å²) in [5, 5.41) is 5.58. The van der Waals surface area contributed by atoms with Crippen LogP contribution in [0.1, 0.15) is 97.4 Å². The van der Waals surface area contributed by atoms with Gasteiger partial charge in [-0.3, -0.25) is 9.59 Å². The van der Waals surface area contributed by atoms with Crippen LogP contribution >= 0.6 is 23.5 Å². The number of rotatable bonds is 20. The van der Waals surface area contributed by atoms with Crippen LogP contribution in [0.25, 0.3) is 44.8 Å². The number of hydrogen-bond acceptors (Lipinski definition) is 10. The molecule has 6 aliphatic rings. The summed E-state index contributed by atoms with van der Waals surface area (Å²) in [6.07, 6.45) is 16.5. The lowest BCUT2D eigenvalue weighted by atomic mass is 9.84. The number of aryl methyl sites for hydroxylation is 2. The lowest BCUT2D eigenvalue weighted by Crippen LogP contribution is -2.49. The normalized spacial score (nSPS) is 17.8. The van der Waals surface area contributed by atoms with Crippen LogP contribution in [0.4, 0.5) is 9.59 Å². The van der Waals surface area contributed by atoms with Gasteiger partial charge in [-0.15, -0.1) is 0 Å². The van der Waals surface area contributed by atoms with Gasteiger partial charge in [0.2, 0.25) is 11.8 Å². The van der Waals surface area contributed by atoms with Crippen LogP contribution in [0.2, 0.25) is 0 Å². The molecule has 0 unspecified atom stereocenters. The molecule has 77 heavy (non-hydrogen) atoms. The fourth-order valence-electron chi connectivity index (χ4n) is 10.9. The molecule has 12 rings (SSSR count). The van der Waals surface area contributed by atoms with Crippen molar-refractivity contribution < 1.29 is 28.7 Å². The smallest absolute Gasteiger partial charge is 0.408 e. The molecule has 402 valence electrons. The number of nitrogens with zero attached hydrogens (tertiary/aromatic N) is 4. The number of hydrogen-bond donors (Lipinski definition) is 4. The van der Waals surface area contributed by atoms with Gasteiger partial charge >= 0.3 is 12.2 Å². The summed E-state index contributed by atoms with van der Waals surface area (Å²) in [5.74, 6) is 2.93. The molecular weight excluding hydrogens is 1000 g/mol. The quantitative estimate of drug-likeness (QED) is 0.0539. The molecule has 5 atom stereocenters. The molecule has 4 heterocycles. The summed E-state index contributed by atoms with van der Waals surface area (Å²) < 4.78 is 10.3. The number of aromatic amines is 2. The Balaban J connectivity index is 0.868. The van der Waals surface area contributed by atoms with Gasteiger partial charge in [0.15, 0.2) is 0 Å². The van der Waals surface area contributed by atoms with Crippen molar-refractivity contribution >= 4 is 47.5 Å². The van der Waals surface area contributed by atoms with E-state index in [1.54, 1.807) is 23.5 Å². The van der Waals surface area contributed by atoms with Gasteiger partial charge in [-0.05, 0) is 132 Å². The fourth-order valence-corrected chi connectivity index (χ4v) is 11.9. The minimum Gasteiger partial charge on any atom is -0.445 e. The van der Waals surface area contributed by atoms with E-state index in [0.29, 0.717) is 25.9 Å². The maximum atomic E-state index is 13.9. The number of imidazole rings is 2. The largest absolute Gasteiger partial charge is 0.445 e. The van der Waals surface area contributed by atoms with Crippen molar-refractivity contribution in [2.75, 3.05) is 50.3 Å². The first-order valence-electron chi connectivity index (χ1n) is 26.8. The molecule has 0 saturated carbocycles. The van der Waals surface area contributed by atoms with Gasteiger partial charge in [-0.2, -0.15) is 23.5 Å². The van der Waals surface area contributed by atoms with Crippen LogP contribution in [0.15, 0.2) is 123 Å². The molecule has 2 aliphatic heterocycles. The molecule has 16 heteroatoms. The van der Waals surface area contributed by atoms with Gasteiger partial charge < -0.3 is 39.9 Å². The average Bonchev–Trinajstić information content (AvgIpc) is 4.32. The molecule has 6 aromatic rings. The highest BCUT2D eigenvalue weighted by molar-refractivity contribution is 7.98. The molecule has 2 saturated heterocycles. The molecule has 0 radical (unpaired) electrons. The van der Waals surface area contributed by atoms with E-state index < -0.39 is 24.3 Å². The first kappa shape index (κ1) is 54.7. The van der Waals surface area contributed by atoms with Crippen molar-refractivity contribution in [3.8, 4) is 44.8 Å². The maximum absolute atomic E-state index is 13.9. The van der Waals surface area contributed by atoms with Gasteiger partial charge in [-0.1, -0.05) is 117 Å². The summed E-state index contributed by atoms with van der Waals surface area (Å²) in [5.41, 5.74) is 13.6.